The minimum Gasteiger partial charge on any atom is -0.354 e. The molecule has 5 nitrogen and oxygen atoms in total. The van der Waals surface area contributed by atoms with E-state index in [-0.39, 0.29) is 24.4 Å². The number of nitrogens with zero attached hydrogens (tertiary/aromatic N) is 1. The number of rotatable bonds is 4. The summed E-state index contributed by atoms with van der Waals surface area (Å²) in [4.78, 5) is 27.1. The Bertz CT molecular complexity index is 483. The van der Waals surface area contributed by atoms with Gasteiger partial charge in [0.1, 0.15) is 0 Å². The van der Waals surface area contributed by atoms with Crippen molar-refractivity contribution in [1.29, 1.82) is 0 Å². The van der Waals surface area contributed by atoms with E-state index < -0.39 is 0 Å². The summed E-state index contributed by atoms with van der Waals surface area (Å²) >= 11 is 0. The van der Waals surface area contributed by atoms with Crippen LogP contribution in [-0.2, 0) is 9.59 Å². The van der Waals surface area contributed by atoms with Gasteiger partial charge >= 0.3 is 0 Å². The summed E-state index contributed by atoms with van der Waals surface area (Å²) in [6, 6.07) is 0.000847. The lowest BCUT2D eigenvalue weighted by atomic mass is 9.97. The van der Waals surface area contributed by atoms with Crippen LogP contribution in [0.5, 0.6) is 0 Å². The molecule has 0 spiro atoms. The number of piperidine rings is 1. The van der Waals surface area contributed by atoms with Gasteiger partial charge in [-0.05, 0) is 62.8 Å². The summed E-state index contributed by atoms with van der Waals surface area (Å²) in [5.74, 6) is 2.71. The minimum atomic E-state index is 0. The van der Waals surface area contributed by atoms with Gasteiger partial charge in [-0.2, -0.15) is 0 Å². The van der Waals surface area contributed by atoms with Crippen molar-refractivity contribution < 1.29 is 9.59 Å². The van der Waals surface area contributed by atoms with Gasteiger partial charge in [0.25, 0.3) is 0 Å². The van der Waals surface area contributed by atoms with E-state index in [4.69, 9.17) is 0 Å². The molecule has 6 heteroatoms. The maximum atomic E-state index is 12.8. The number of hydrogen-bond acceptors (Lipinski definition) is 3. The fourth-order valence-electron chi connectivity index (χ4n) is 5.28. The molecule has 4 rings (SSSR count). The second kappa shape index (κ2) is 8.26. The number of hydrogen-bond donors (Lipinski definition) is 2. The predicted molar refractivity (Wildman–Crippen MR) is 99.5 cm³/mol. The average molecular weight is 370 g/mol. The highest BCUT2D eigenvalue weighted by molar-refractivity contribution is 5.85. The van der Waals surface area contributed by atoms with Gasteiger partial charge in [-0.25, -0.2) is 0 Å². The highest BCUT2D eigenvalue weighted by Crippen LogP contribution is 2.56. The maximum Gasteiger partial charge on any atom is 0.237 e. The zero-order valence-corrected chi connectivity index (χ0v) is 15.9. The van der Waals surface area contributed by atoms with Gasteiger partial charge in [0.2, 0.25) is 11.8 Å². The molecule has 4 unspecified atom stereocenters. The first-order chi connectivity index (χ1) is 11.7. The Morgan fingerprint density at radius 2 is 1.76 bits per heavy atom. The number of amides is 2. The van der Waals surface area contributed by atoms with Crippen molar-refractivity contribution in [1.82, 2.24) is 15.5 Å². The van der Waals surface area contributed by atoms with Gasteiger partial charge in [0, 0.05) is 25.6 Å². The largest absolute Gasteiger partial charge is 0.354 e. The molecule has 4 atom stereocenters. The maximum absolute atomic E-state index is 12.8. The van der Waals surface area contributed by atoms with Gasteiger partial charge in [-0.3, -0.25) is 9.59 Å². The first-order valence-electron chi connectivity index (χ1n) is 10.0. The summed E-state index contributed by atoms with van der Waals surface area (Å²) in [7, 11) is 0. The van der Waals surface area contributed by atoms with Crippen molar-refractivity contribution in [3.8, 4) is 0 Å². The third-order valence-electron chi connectivity index (χ3n) is 6.71. The Hall–Kier alpha value is -0.810. The quantitative estimate of drug-likeness (QED) is 0.796. The molecule has 2 aliphatic heterocycles. The zero-order valence-electron chi connectivity index (χ0n) is 15.0. The Morgan fingerprint density at radius 3 is 2.44 bits per heavy atom. The Kier molecular flexibility index (Phi) is 6.26. The van der Waals surface area contributed by atoms with E-state index in [0.29, 0.717) is 29.6 Å². The molecule has 2 amide bonds. The van der Waals surface area contributed by atoms with Crippen LogP contribution in [0.2, 0.25) is 0 Å². The second-order valence-corrected chi connectivity index (χ2v) is 8.32. The Labute approximate surface area is 157 Å². The molecule has 2 saturated carbocycles. The summed E-state index contributed by atoms with van der Waals surface area (Å²) in [5, 5.41) is 6.36. The van der Waals surface area contributed by atoms with Crippen LogP contribution in [0.3, 0.4) is 0 Å². The molecule has 0 bridgehead atoms. The third kappa shape index (κ3) is 4.13. The summed E-state index contributed by atoms with van der Waals surface area (Å²) in [6.45, 7) is 3.43. The number of carbonyl (C=O) groups is 2. The van der Waals surface area contributed by atoms with Crippen molar-refractivity contribution in [3.05, 3.63) is 0 Å². The lowest BCUT2D eigenvalue weighted by molar-refractivity contribution is -0.135. The van der Waals surface area contributed by atoms with E-state index in [1.54, 1.807) is 0 Å². The van der Waals surface area contributed by atoms with Crippen LogP contribution >= 0.6 is 12.4 Å². The van der Waals surface area contributed by atoms with Crippen molar-refractivity contribution in [2.24, 2.45) is 23.7 Å². The fraction of sp³-hybridized carbons (Fsp3) is 0.895. The SMILES string of the molecule is Cl.O=C(NCC1CCCN(C(=O)C2C3CCCCC32)C1)C1CCCN1. The standard InChI is InChI=1S/C19H31N3O2.ClH/c23-18(16-8-3-9-20-16)21-11-13-5-4-10-22(12-13)19(24)17-14-6-1-2-7-15(14)17;/h13-17,20H,1-12H2,(H,21,23);1H. The molecule has 4 aliphatic rings. The fourth-order valence-corrected chi connectivity index (χ4v) is 5.28. The van der Waals surface area contributed by atoms with Gasteiger partial charge < -0.3 is 15.5 Å². The van der Waals surface area contributed by atoms with E-state index in [9.17, 15) is 9.59 Å². The lowest BCUT2D eigenvalue weighted by Gasteiger charge is -2.33. The smallest absolute Gasteiger partial charge is 0.237 e. The summed E-state index contributed by atoms with van der Waals surface area (Å²) in [6.07, 6.45) is 9.41. The number of halogens is 1. The Balaban J connectivity index is 0.00000182. The minimum absolute atomic E-state index is 0. The molecule has 4 fully saturated rings. The molecular weight excluding hydrogens is 338 g/mol. The summed E-state index contributed by atoms with van der Waals surface area (Å²) in [5.41, 5.74) is 0. The van der Waals surface area contributed by atoms with Gasteiger partial charge in [-0.1, -0.05) is 12.8 Å². The van der Waals surface area contributed by atoms with E-state index >= 15 is 0 Å². The molecule has 142 valence electrons. The molecule has 0 aromatic carbocycles. The van der Waals surface area contributed by atoms with Gasteiger partial charge in [0.05, 0.1) is 6.04 Å². The molecule has 0 aromatic rings. The highest BCUT2D eigenvalue weighted by atomic mass is 35.5. The van der Waals surface area contributed by atoms with Crippen molar-refractivity contribution in [3.63, 3.8) is 0 Å². The summed E-state index contributed by atoms with van der Waals surface area (Å²) < 4.78 is 0. The molecule has 2 N–H and O–H groups in total. The first kappa shape index (κ1) is 19.0. The molecule has 0 radical (unpaired) electrons. The van der Waals surface area contributed by atoms with Crippen molar-refractivity contribution in [2.75, 3.05) is 26.2 Å². The van der Waals surface area contributed by atoms with Crippen LogP contribution in [0.1, 0.15) is 51.4 Å². The number of nitrogens with one attached hydrogen (secondary N) is 2. The van der Waals surface area contributed by atoms with Crippen molar-refractivity contribution in [2.45, 2.75) is 57.4 Å². The van der Waals surface area contributed by atoms with Gasteiger partial charge in [0.15, 0.2) is 0 Å². The number of fused-ring (bicyclic) bond motifs is 1. The number of likely N-dealkylation sites (tertiary alicyclic amines) is 1. The molecule has 2 saturated heterocycles. The second-order valence-electron chi connectivity index (χ2n) is 8.32. The third-order valence-corrected chi connectivity index (χ3v) is 6.71. The predicted octanol–water partition coefficient (Wildman–Crippen LogP) is 1.95. The Morgan fingerprint density at radius 1 is 1.00 bits per heavy atom. The topological polar surface area (TPSA) is 61.4 Å². The average Bonchev–Trinajstić information content (AvgIpc) is 3.08. The monoisotopic (exact) mass is 369 g/mol. The van der Waals surface area contributed by atoms with Crippen LogP contribution in [0.4, 0.5) is 0 Å². The zero-order chi connectivity index (χ0) is 16.5. The van der Waals surface area contributed by atoms with E-state index in [1.165, 1.54) is 25.7 Å². The van der Waals surface area contributed by atoms with E-state index in [0.717, 1.165) is 51.9 Å². The van der Waals surface area contributed by atoms with Crippen molar-refractivity contribution >= 4 is 24.2 Å². The molecule has 0 aromatic heterocycles. The van der Waals surface area contributed by atoms with Crippen LogP contribution in [0.15, 0.2) is 0 Å². The first-order valence-corrected chi connectivity index (χ1v) is 10.0. The lowest BCUT2D eigenvalue weighted by Crippen LogP contribution is -2.47. The van der Waals surface area contributed by atoms with Crippen LogP contribution in [0.25, 0.3) is 0 Å². The number of carbonyl (C=O) groups excluding carboxylic acids is 2. The highest BCUT2D eigenvalue weighted by Gasteiger charge is 2.55. The van der Waals surface area contributed by atoms with E-state index in [2.05, 4.69) is 15.5 Å². The molecular formula is C19H32ClN3O2. The normalized spacial score (nSPS) is 37.0. The van der Waals surface area contributed by atoms with Gasteiger partial charge in [-0.15, -0.1) is 12.4 Å². The molecule has 2 aliphatic carbocycles. The van der Waals surface area contributed by atoms with Crippen LogP contribution in [-0.4, -0.2) is 48.9 Å². The molecule has 25 heavy (non-hydrogen) atoms. The molecule has 2 heterocycles. The van der Waals surface area contributed by atoms with Crippen LogP contribution in [0, 0.1) is 23.7 Å². The van der Waals surface area contributed by atoms with Crippen LogP contribution < -0.4 is 10.6 Å². The van der Waals surface area contributed by atoms with E-state index in [1.807, 2.05) is 0 Å².